The van der Waals surface area contributed by atoms with Gasteiger partial charge in [-0.05, 0) is 24.5 Å². The van der Waals surface area contributed by atoms with Gasteiger partial charge in [-0.3, -0.25) is 4.98 Å². The molecule has 0 saturated heterocycles. The van der Waals surface area contributed by atoms with Crippen molar-refractivity contribution in [1.82, 2.24) is 4.98 Å². The third-order valence-corrected chi connectivity index (χ3v) is 1.98. The number of pyridine rings is 1. The van der Waals surface area contributed by atoms with Crippen molar-refractivity contribution in [2.75, 3.05) is 7.11 Å². The number of rotatable bonds is 2. The van der Waals surface area contributed by atoms with Gasteiger partial charge in [0.2, 0.25) is 0 Å². The van der Waals surface area contributed by atoms with E-state index >= 15 is 0 Å². The Balaban J connectivity index is 3.22. The summed E-state index contributed by atoms with van der Waals surface area (Å²) in [6.07, 6.45) is 4.17. The van der Waals surface area contributed by atoms with Crippen LogP contribution in [0.4, 0.5) is 0 Å². The molecule has 0 aliphatic heterocycles. The summed E-state index contributed by atoms with van der Waals surface area (Å²) in [5.41, 5.74) is 2.46. The zero-order valence-electron chi connectivity index (χ0n) is 8.13. The second-order valence-corrected chi connectivity index (χ2v) is 2.84. The molecule has 0 bridgehead atoms. The van der Waals surface area contributed by atoms with Crippen LogP contribution in [0.2, 0.25) is 0 Å². The van der Waals surface area contributed by atoms with Gasteiger partial charge in [-0.2, -0.15) is 0 Å². The van der Waals surface area contributed by atoms with Crippen molar-refractivity contribution in [1.29, 1.82) is 0 Å². The maximum atomic E-state index is 11.4. The zero-order chi connectivity index (χ0) is 9.84. The van der Waals surface area contributed by atoms with Crippen LogP contribution < -0.4 is 0 Å². The number of carbonyl (C=O) groups excluding carboxylic acids is 1. The summed E-state index contributed by atoms with van der Waals surface area (Å²) < 4.78 is 4.69. The molecule has 0 saturated carbocycles. The van der Waals surface area contributed by atoms with Crippen LogP contribution in [0.3, 0.4) is 0 Å². The third kappa shape index (κ3) is 1.86. The van der Waals surface area contributed by atoms with Crippen molar-refractivity contribution in [2.24, 2.45) is 0 Å². The number of methoxy groups -OCH3 is 1. The molecule has 0 amide bonds. The van der Waals surface area contributed by atoms with Gasteiger partial charge >= 0.3 is 5.97 Å². The Morgan fingerprint density at radius 1 is 1.54 bits per heavy atom. The minimum atomic E-state index is -0.281. The van der Waals surface area contributed by atoms with Crippen LogP contribution in [-0.4, -0.2) is 18.1 Å². The van der Waals surface area contributed by atoms with Crippen LogP contribution in [0.25, 0.3) is 0 Å². The van der Waals surface area contributed by atoms with Crippen LogP contribution in [0.15, 0.2) is 12.4 Å². The molecule has 1 heterocycles. The topological polar surface area (TPSA) is 39.2 Å². The SMILES string of the molecule is CCc1cncc(C)c1C(=O)OC. The second-order valence-electron chi connectivity index (χ2n) is 2.84. The predicted molar refractivity (Wildman–Crippen MR) is 49.7 cm³/mol. The summed E-state index contributed by atoms with van der Waals surface area (Å²) in [6, 6.07) is 0. The van der Waals surface area contributed by atoms with Crippen LogP contribution in [0, 0.1) is 6.92 Å². The number of carbonyl (C=O) groups is 1. The standard InChI is InChI=1S/C10H13NO2/c1-4-8-6-11-5-7(2)9(8)10(12)13-3/h5-6H,4H2,1-3H3. The van der Waals surface area contributed by atoms with Gasteiger partial charge in [-0.1, -0.05) is 6.92 Å². The van der Waals surface area contributed by atoms with Crippen LogP contribution in [-0.2, 0) is 11.2 Å². The van der Waals surface area contributed by atoms with E-state index in [1.54, 1.807) is 12.4 Å². The highest BCUT2D eigenvalue weighted by Crippen LogP contribution is 2.13. The Morgan fingerprint density at radius 2 is 2.23 bits per heavy atom. The molecule has 0 radical (unpaired) electrons. The second kappa shape index (κ2) is 4.03. The molecule has 1 aromatic heterocycles. The van der Waals surface area contributed by atoms with E-state index in [1.807, 2.05) is 13.8 Å². The normalized spacial score (nSPS) is 9.77. The fraction of sp³-hybridized carbons (Fsp3) is 0.400. The lowest BCUT2D eigenvalue weighted by Gasteiger charge is -2.07. The summed E-state index contributed by atoms with van der Waals surface area (Å²) in [4.78, 5) is 15.4. The number of aryl methyl sites for hydroxylation is 2. The van der Waals surface area contributed by atoms with Crippen molar-refractivity contribution in [2.45, 2.75) is 20.3 Å². The molecule has 0 spiro atoms. The first-order chi connectivity index (χ1) is 6.20. The monoisotopic (exact) mass is 179 g/mol. The quantitative estimate of drug-likeness (QED) is 0.649. The van der Waals surface area contributed by atoms with Gasteiger partial charge in [-0.15, -0.1) is 0 Å². The Morgan fingerprint density at radius 3 is 2.77 bits per heavy atom. The van der Waals surface area contributed by atoms with E-state index in [4.69, 9.17) is 4.74 Å². The van der Waals surface area contributed by atoms with Crippen molar-refractivity contribution >= 4 is 5.97 Å². The van der Waals surface area contributed by atoms with E-state index in [0.717, 1.165) is 17.5 Å². The van der Waals surface area contributed by atoms with Gasteiger partial charge in [0, 0.05) is 12.4 Å². The highest BCUT2D eigenvalue weighted by molar-refractivity contribution is 5.92. The largest absolute Gasteiger partial charge is 0.465 e. The van der Waals surface area contributed by atoms with Crippen molar-refractivity contribution in [3.63, 3.8) is 0 Å². The average molecular weight is 179 g/mol. The maximum absolute atomic E-state index is 11.4. The molecule has 70 valence electrons. The highest BCUT2D eigenvalue weighted by atomic mass is 16.5. The number of aromatic nitrogens is 1. The number of ether oxygens (including phenoxy) is 1. The Bertz CT molecular complexity index is 321. The summed E-state index contributed by atoms with van der Waals surface area (Å²) in [7, 11) is 1.39. The minimum Gasteiger partial charge on any atom is -0.465 e. The Hall–Kier alpha value is -1.38. The molecule has 13 heavy (non-hydrogen) atoms. The van der Waals surface area contributed by atoms with Crippen molar-refractivity contribution in [3.05, 3.63) is 29.1 Å². The first-order valence-corrected chi connectivity index (χ1v) is 4.22. The van der Waals surface area contributed by atoms with E-state index in [0.29, 0.717) is 5.56 Å². The molecule has 0 aliphatic carbocycles. The van der Waals surface area contributed by atoms with E-state index < -0.39 is 0 Å². The molecule has 1 aromatic rings. The Kier molecular flexibility index (Phi) is 3.01. The Labute approximate surface area is 77.8 Å². The minimum absolute atomic E-state index is 0.281. The lowest BCUT2D eigenvalue weighted by molar-refractivity contribution is 0.0598. The van der Waals surface area contributed by atoms with Crippen LogP contribution in [0.1, 0.15) is 28.4 Å². The van der Waals surface area contributed by atoms with Crippen LogP contribution in [0.5, 0.6) is 0 Å². The number of nitrogens with zero attached hydrogens (tertiary/aromatic N) is 1. The van der Waals surface area contributed by atoms with Gasteiger partial charge in [0.15, 0.2) is 0 Å². The van der Waals surface area contributed by atoms with Crippen LogP contribution >= 0.6 is 0 Å². The van der Waals surface area contributed by atoms with E-state index in [2.05, 4.69) is 4.98 Å². The molecule has 0 aromatic carbocycles. The molecule has 0 aliphatic rings. The van der Waals surface area contributed by atoms with Gasteiger partial charge in [0.25, 0.3) is 0 Å². The maximum Gasteiger partial charge on any atom is 0.338 e. The molecule has 0 fully saturated rings. The number of hydrogen-bond acceptors (Lipinski definition) is 3. The lowest BCUT2D eigenvalue weighted by Crippen LogP contribution is -2.08. The number of hydrogen-bond donors (Lipinski definition) is 0. The first-order valence-electron chi connectivity index (χ1n) is 4.22. The molecule has 3 nitrogen and oxygen atoms in total. The van der Waals surface area contributed by atoms with Gasteiger partial charge in [0.05, 0.1) is 12.7 Å². The van der Waals surface area contributed by atoms with E-state index in [-0.39, 0.29) is 5.97 Å². The molecular formula is C10H13NO2. The molecule has 3 heteroatoms. The van der Waals surface area contributed by atoms with Gasteiger partial charge < -0.3 is 4.74 Å². The number of esters is 1. The summed E-state index contributed by atoms with van der Waals surface area (Å²) in [5.74, 6) is -0.281. The van der Waals surface area contributed by atoms with Crippen molar-refractivity contribution in [3.8, 4) is 0 Å². The average Bonchev–Trinajstić information content (AvgIpc) is 2.16. The van der Waals surface area contributed by atoms with Gasteiger partial charge in [-0.25, -0.2) is 4.79 Å². The highest BCUT2D eigenvalue weighted by Gasteiger charge is 2.13. The first kappa shape index (κ1) is 9.71. The summed E-state index contributed by atoms with van der Waals surface area (Å²) in [6.45, 7) is 3.85. The van der Waals surface area contributed by atoms with Crippen molar-refractivity contribution < 1.29 is 9.53 Å². The van der Waals surface area contributed by atoms with E-state index in [9.17, 15) is 4.79 Å². The molecule has 0 unspecified atom stereocenters. The molecular weight excluding hydrogens is 166 g/mol. The fourth-order valence-electron chi connectivity index (χ4n) is 1.28. The molecule has 0 atom stereocenters. The van der Waals surface area contributed by atoms with Gasteiger partial charge in [0.1, 0.15) is 0 Å². The fourth-order valence-corrected chi connectivity index (χ4v) is 1.28. The lowest BCUT2D eigenvalue weighted by atomic mass is 10.0. The predicted octanol–water partition coefficient (Wildman–Crippen LogP) is 1.74. The van der Waals surface area contributed by atoms with E-state index in [1.165, 1.54) is 7.11 Å². The zero-order valence-corrected chi connectivity index (χ0v) is 8.13. The summed E-state index contributed by atoms with van der Waals surface area (Å²) >= 11 is 0. The third-order valence-electron chi connectivity index (χ3n) is 1.98. The molecule has 1 rings (SSSR count). The molecule has 0 N–H and O–H groups in total. The smallest absolute Gasteiger partial charge is 0.338 e. The summed E-state index contributed by atoms with van der Waals surface area (Å²) in [5, 5.41) is 0.